The van der Waals surface area contributed by atoms with Gasteiger partial charge in [-0.1, -0.05) is 18.2 Å². The second-order valence-electron chi connectivity index (χ2n) is 6.86. The summed E-state index contributed by atoms with van der Waals surface area (Å²) < 4.78 is 0. The number of unbranched alkanes of at least 4 members (excludes halogenated alkanes) is 1. The maximum absolute atomic E-state index is 10.5. The van der Waals surface area contributed by atoms with E-state index in [1.165, 1.54) is 0 Å². The van der Waals surface area contributed by atoms with Crippen molar-refractivity contribution in [1.82, 2.24) is 0 Å². The van der Waals surface area contributed by atoms with Crippen LogP contribution in [0.2, 0.25) is 0 Å². The second kappa shape index (κ2) is 8.52. The van der Waals surface area contributed by atoms with E-state index in [1.807, 2.05) is 6.92 Å². The maximum Gasteiger partial charge on any atom is 0.123 e. The number of aryl methyl sites for hydroxylation is 1. The van der Waals surface area contributed by atoms with Gasteiger partial charge in [-0.25, -0.2) is 0 Å². The van der Waals surface area contributed by atoms with Crippen LogP contribution in [0.3, 0.4) is 0 Å². The van der Waals surface area contributed by atoms with E-state index in [0.717, 1.165) is 17.6 Å². The molecule has 0 aromatic heterocycles. The molecule has 1 aromatic rings. The highest BCUT2D eigenvalue weighted by atomic mass is 16.3. The lowest BCUT2D eigenvalue weighted by molar-refractivity contribution is 0.149. The largest absolute Gasteiger partial charge is 0.507 e. The number of aromatic hydroxyl groups is 2. The van der Waals surface area contributed by atoms with Crippen molar-refractivity contribution in [2.24, 2.45) is 5.92 Å². The molecule has 0 aliphatic heterocycles. The lowest BCUT2D eigenvalue weighted by atomic mass is 9.72. The van der Waals surface area contributed by atoms with Gasteiger partial charge in [-0.3, -0.25) is 0 Å². The minimum Gasteiger partial charge on any atom is -0.507 e. The molecule has 1 aliphatic rings. The van der Waals surface area contributed by atoms with Crippen molar-refractivity contribution < 1.29 is 25.5 Å². The van der Waals surface area contributed by atoms with Crippen molar-refractivity contribution in [3.63, 3.8) is 0 Å². The molecule has 0 bridgehead atoms. The van der Waals surface area contributed by atoms with Crippen LogP contribution in [0.15, 0.2) is 35.9 Å². The summed E-state index contributed by atoms with van der Waals surface area (Å²) in [6.45, 7) is 5.70. The standard InChI is InChI=1S/C20H28O5/c1-12(2)15-10-17(23)14(11-22)9-16(15)20-18(24)7-13(8-19(20)25)5-3-4-6-21/h7-9,15-17,21-25H,1,3-6,10-11H2,2H3/t15-,16?,17?/m0/s1. The fourth-order valence-electron chi connectivity index (χ4n) is 3.55. The smallest absolute Gasteiger partial charge is 0.123 e. The number of aliphatic hydroxyl groups excluding tert-OH is 3. The monoisotopic (exact) mass is 348 g/mol. The molecule has 25 heavy (non-hydrogen) atoms. The van der Waals surface area contributed by atoms with Crippen LogP contribution in [0.5, 0.6) is 11.5 Å². The molecule has 0 saturated carbocycles. The van der Waals surface area contributed by atoms with E-state index in [0.29, 0.717) is 30.4 Å². The second-order valence-corrected chi connectivity index (χ2v) is 6.86. The van der Waals surface area contributed by atoms with Gasteiger partial charge < -0.3 is 25.5 Å². The Morgan fingerprint density at radius 2 is 1.80 bits per heavy atom. The van der Waals surface area contributed by atoms with Gasteiger partial charge in [-0.2, -0.15) is 0 Å². The lowest BCUT2D eigenvalue weighted by Gasteiger charge is -2.34. The Morgan fingerprint density at radius 1 is 1.16 bits per heavy atom. The Balaban J connectivity index is 2.40. The van der Waals surface area contributed by atoms with Crippen LogP contribution in [-0.2, 0) is 6.42 Å². The molecule has 0 amide bonds. The van der Waals surface area contributed by atoms with Crippen molar-refractivity contribution in [3.8, 4) is 11.5 Å². The predicted molar refractivity (Wildman–Crippen MR) is 96.6 cm³/mol. The molecule has 5 N–H and O–H groups in total. The number of phenols is 2. The first-order valence-corrected chi connectivity index (χ1v) is 8.69. The van der Waals surface area contributed by atoms with Crippen LogP contribution in [0, 0.1) is 5.92 Å². The first-order valence-electron chi connectivity index (χ1n) is 8.69. The molecular weight excluding hydrogens is 320 g/mol. The molecule has 3 atom stereocenters. The molecule has 0 fully saturated rings. The number of benzene rings is 1. The van der Waals surface area contributed by atoms with Crippen LogP contribution in [0.1, 0.15) is 43.2 Å². The Morgan fingerprint density at radius 3 is 2.32 bits per heavy atom. The first kappa shape index (κ1) is 19.5. The molecule has 0 heterocycles. The van der Waals surface area contributed by atoms with Crippen molar-refractivity contribution in [3.05, 3.63) is 47.1 Å². The summed E-state index contributed by atoms with van der Waals surface area (Å²) in [7, 11) is 0. The van der Waals surface area contributed by atoms with Crippen LogP contribution >= 0.6 is 0 Å². The molecule has 0 spiro atoms. The molecule has 5 heteroatoms. The summed E-state index contributed by atoms with van der Waals surface area (Å²) >= 11 is 0. The van der Waals surface area contributed by atoms with E-state index in [-0.39, 0.29) is 36.5 Å². The number of hydrogen-bond acceptors (Lipinski definition) is 5. The van der Waals surface area contributed by atoms with Crippen LogP contribution < -0.4 is 0 Å². The van der Waals surface area contributed by atoms with Gasteiger partial charge in [0.1, 0.15) is 11.5 Å². The zero-order valence-electron chi connectivity index (χ0n) is 14.6. The minimum absolute atomic E-state index is 0.000165. The van der Waals surface area contributed by atoms with E-state index < -0.39 is 6.10 Å². The van der Waals surface area contributed by atoms with E-state index in [4.69, 9.17) is 5.11 Å². The third-order valence-electron chi connectivity index (χ3n) is 4.95. The molecular formula is C20H28O5. The quantitative estimate of drug-likeness (QED) is 0.385. The third-order valence-corrected chi connectivity index (χ3v) is 4.95. The maximum atomic E-state index is 10.5. The number of allylic oxidation sites excluding steroid dienone is 2. The van der Waals surface area contributed by atoms with Crippen LogP contribution in [0.4, 0.5) is 0 Å². The summed E-state index contributed by atoms with van der Waals surface area (Å²) in [5.41, 5.74) is 2.55. The predicted octanol–water partition coefficient (Wildman–Crippen LogP) is 2.37. The van der Waals surface area contributed by atoms with Gasteiger partial charge in [0.15, 0.2) is 0 Å². The average Bonchev–Trinajstić information content (AvgIpc) is 2.55. The van der Waals surface area contributed by atoms with Crippen molar-refractivity contribution >= 4 is 0 Å². The number of aliphatic hydroxyl groups is 3. The molecule has 0 saturated heterocycles. The molecule has 5 nitrogen and oxygen atoms in total. The highest BCUT2D eigenvalue weighted by Gasteiger charge is 2.34. The summed E-state index contributed by atoms with van der Waals surface area (Å²) in [6, 6.07) is 3.28. The number of rotatable bonds is 7. The lowest BCUT2D eigenvalue weighted by Crippen LogP contribution is -2.28. The average molecular weight is 348 g/mol. The summed E-state index contributed by atoms with van der Waals surface area (Å²) in [5, 5.41) is 49.5. The molecule has 2 unspecified atom stereocenters. The summed E-state index contributed by atoms with van der Waals surface area (Å²) in [6.07, 6.45) is 3.48. The van der Waals surface area contributed by atoms with E-state index >= 15 is 0 Å². The first-order chi connectivity index (χ1) is 11.9. The normalized spacial score (nSPS) is 23.4. The minimum atomic E-state index is -0.745. The molecule has 0 radical (unpaired) electrons. The van der Waals surface area contributed by atoms with Crippen molar-refractivity contribution in [2.45, 2.75) is 44.6 Å². The Hall–Kier alpha value is -1.82. The van der Waals surface area contributed by atoms with E-state index in [1.54, 1.807) is 18.2 Å². The Labute approximate surface area is 148 Å². The fourth-order valence-corrected chi connectivity index (χ4v) is 3.55. The van der Waals surface area contributed by atoms with Gasteiger partial charge in [0.2, 0.25) is 0 Å². The number of hydrogen-bond donors (Lipinski definition) is 5. The van der Waals surface area contributed by atoms with Gasteiger partial charge in [-0.05, 0) is 61.8 Å². The molecule has 2 rings (SSSR count). The summed E-state index contributed by atoms with van der Waals surface area (Å²) in [5.74, 6) is -0.489. The Kier molecular flexibility index (Phi) is 6.64. The van der Waals surface area contributed by atoms with Gasteiger partial charge in [0, 0.05) is 18.1 Å². The van der Waals surface area contributed by atoms with Crippen LogP contribution in [0.25, 0.3) is 0 Å². The highest BCUT2D eigenvalue weighted by Crippen LogP contribution is 2.46. The Bertz CT molecular complexity index is 626. The van der Waals surface area contributed by atoms with E-state index in [2.05, 4.69) is 6.58 Å². The van der Waals surface area contributed by atoms with Gasteiger partial charge in [-0.15, -0.1) is 0 Å². The van der Waals surface area contributed by atoms with Crippen molar-refractivity contribution in [1.29, 1.82) is 0 Å². The zero-order chi connectivity index (χ0) is 18.6. The highest BCUT2D eigenvalue weighted by molar-refractivity contribution is 5.52. The van der Waals surface area contributed by atoms with E-state index in [9.17, 15) is 20.4 Å². The van der Waals surface area contributed by atoms with Gasteiger partial charge in [0.05, 0.1) is 12.7 Å². The van der Waals surface area contributed by atoms with Gasteiger partial charge >= 0.3 is 0 Å². The SMILES string of the molecule is C=C(C)[C@@H]1CC(O)C(CO)=CC1c1c(O)cc(CCCCO)cc1O. The zero-order valence-corrected chi connectivity index (χ0v) is 14.6. The molecule has 1 aliphatic carbocycles. The fraction of sp³-hybridized carbons (Fsp3) is 0.500. The molecule has 138 valence electrons. The van der Waals surface area contributed by atoms with Crippen LogP contribution in [-0.4, -0.2) is 44.9 Å². The number of phenolic OH excluding ortho intramolecular Hbond substituents is 2. The third kappa shape index (κ3) is 4.42. The molecule has 1 aromatic carbocycles. The topological polar surface area (TPSA) is 101 Å². The van der Waals surface area contributed by atoms with Crippen molar-refractivity contribution in [2.75, 3.05) is 13.2 Å². The summed E-state index contributed by atoms with van der Waals surface area (Å²) in [4.78, 5) is 0. The van der Waals surface area contributed by atoms with Gasteiger partial charge in [0.25, 0.3) is 0 Å².